The molecule has 11 heteroatoms. The predicted molar refractivity (Wildman–Crippen MR) is 224 cm³/mol. The second-order valence-corrected chi connectivity index (χ2v) is 15.8. The molecule has 0 aliphatic heterocycles. The zero-order valence-corrected chi connectivity index (χ0v) is 35.5. The minimum atomic E-state index is -4.62. The van der Waals surface area contributed by atoms with Gasteiger partial charge in [-0.15, -0.1) is 0 Å². The van der Waals surface area contributed by atoms with Crippen LogP contribution in [-0.2, 0) is 32.7 Å². The number of unbranched alkanes of at least 4 members (excludes halogenated alkanes) is 18. The fourth-order valence-electron chi connectivity index (χ4n) is 5.62. The second kappa shape index (κ2) is 40.1. The Bertz CT molecular complexity index is 1060. The molecule has 0 saturated heterocycles. The predicted octanol–water partition coefficient (Wildman–Crippen LogP) is 11.3. The first-order chi connectivity index (χ1) is 26.7. The Morgan fingerprint density at radius 1 is 0.545 bits per heavy atom. The van der Waals surface area contributed by atoms with Crippen molar-refractivity contribution in [3.8, 4) is 0 Å². The van der Waals surface area contributed by atoms with Gasteiger partial charge in [0.25, 0.3) is 0 Å². The molecule has 0 spiro atoms. The Morgan fingerprint density at radius 3 is 1.45 bits per heavy atom. The molecule has 1 unspecified atom stereocenters. The summed E-state index contributed by atoms with van der Waals surface area (Å²) in [6.07, 6.45) is 42.2. The molecule has 10 nitrogen and oxygen atoms in total. The molecular formula is C44H79O10P. The average molecular weight is 799 g/mol. The molecule has 0 saturated carbocycles. The molecule has 3 atom stereocenters. The Morgan fingerprint density at radius 2 is 0.945 bits per heavy atom. The van der Waals surface area contributed by atoms with Crippen molar-refractivity contribution in [3.05, 3.63) is 48.6 Å². The van der Waals surface area contributed by atoms with Gasteiger partial charge in [0.2, 0.25) is 0 Å². The maximum Gasteiger partial charge on any atom is 0.472 e. The minimum absolute atomic E-state index is 0.178. The summed E-state index contributed by atoms with van der Waals surface area (Å²) in [7, 11) is -4.62. The fourth-order valence-corrected chi connectivity index (χ4v) is 6.41. The summed E-state index contributed by atoms with van der Waals surface area (Å²) in [4.78, 5) is 34.9. The van der Waals surface area contributed by atoms with E-state index < -0.39 is 51.8 Å². The van der Waals surface area contributed by atoms with Crippen molar-refractivity contribution >= 4 is 19.8 Å². The van der Waals surface area contributed by atoms with Crippen molar-refractivity contribution in [3.63, 3.8) is 0 Å². The van der Waals surface area contributed by atoms with Crippen molar-refractivity contribution < 1.29 is 47.8 Å². The van der Waals surface area contributed by atoms with Crippen molar-refractivity contribution in [2.45, 2.75) is 193 Å². The molecule has 0 aliphatic carbocycles. The summed E-state index contributed by atoms with van der Waals surface area (Å²) < 4.78 is 32.7. The van der Waals surface area contributed by atoms with Gasteiger partial charge in [-0.3, -0.25) is 18.6 Å². The summed E-state index contributed by atoms with van der Waals surface area (Å²) >= 11 is 0. The van der Waals surface area contributed by atoms with E-state index in [1.807, 2.05) is 0 Å². The topological polar surface area (TPSA) is 149 Å². The van der Waals surface area contributed by atoms with Crippen LogP contribution in [0.4, 0.5) is 0 Å². The quantitative estimate of drug-likeness (QED) is 0.0237. The Hall–Kier alpha value is -2.07. The van der Waals surface area contributed by atoms with E-state index in [-0.39, 0.29) is 19.4 Å². The van der Waals surface area contributed by atoms with Gasteiger partial charge in [-0.1, -0.05) is 159 Å². The summed E-state index contributed by atoms with van der Waals surface area (Å²) in [5.41, 5.74) is 0. The third kappa shape index (κ3) is 39.9. The van der Waals surface area contributed by atoms with Gasteiger partial charge in [0.1, 0.15) is 12.7 Å². The van der Waals surface area contributed by atoms with Crippen molar-refractivity contribution in [1.82, 2.24) is 0 Å². The molecule has 0 aliphatic rings. The van der Waals surface area contributed by atoms with Gasteiger partial charge in [0, 0.05) is 12.8 Å². The second-order valence-electron chi connectivity index (χ2n) is 14.4. The average Bonchev–Trinajstić information content (AvgIpc) is 3.17. The van der Waals surface area contributed by atoms with Gasteiger partial charge in [-0.25, -0.2) is 4.57 Å². The molecule has 0 amide bonds. The lowest BCUT2D eigenvalue weighted by molar-refractivity contribution is -0.161. The van der Waals surface area contributed by atoms with Gasteiger partial charge < -0.3 is 24.6 Å². The molecule has 0 heterocycles. The molecule has 320 valence electrons. The first-order valence-electron chi connectivity index (χ1n) is 21.6. The smallest absolute Gasteiger partial charge is 0.462 e. The van der Waals surface area contributed by atoms with E-state index in [4.69, 9.17) is 19.1 Å². The third-order valence-corrected chi connectivity index (χ3v) is 9.94. The Kier molecular flexibility index (Phi) is 38.6. The van der Waals surface area contributed by atoms with Crippen molar-refractivity contribution in [2.24, 2.45) is 0 Å². The van der Waals surface area contributed by atoms with Crippen LogP contribution in [0.25, 0.3) is 0 Å². The number of rotatable bonds is 40. The lowest BCUT2D eigenvalue weighted by atomic mass is 10.0. The number of esters is 2. The van der Waals surface area contributed by atoms with E-state index in [2.05, 4.69) is 67.0 Å². The molecule has 0 radical (unpaired) electrons. The van der Waals surface area contributed by atoms with Crippen LogP contribution in [0, 0.1) is 0 Å². The van der Waals surface area contributed by atoms with Crippen LogP contribution in [0.5, 0.6) is 0 Å². The number of phosphoric ester groups is 1. The van der Waals surface area contributed by atoms with Crippen LogP contribution in [0.3, 0.4) is 0 Å². The van der Waals surface area contributed by atoms with Crippen LogP contribution >= 0.6 is 7.82 Å². The molecule has 0 rings (SSSR count). The highest BCUT2D eigenvalue weighted by Gasteiger charge is 2.27. The molecule has 0 aromatic rings. The maximum absolute atomic E-state index is 12.6. The van der Waals surface area contributed by atoms with E-state index in [0.29, 0.717) is 12.8 Å². The summed E-state index contributed by atoms with van der Waals surface area (Å²) in [5, 5.41) is 18.3. The van der Waals surface area contributed by atoms with Crippen LogP contribution in [-0.4, -0.2) is 65.7 Å². The number of aliphatic hydroxyl groups is 2. The third-order valence-electron chi connectivity index (χ3n) is 8.99. The molecule has 0 aromatic carbocycles. The van der Waals surface area contributed by atoms with Crippen LogP contribution in [0.2, 0.25) is 0 Å². The standard InChI is InChI=1S/C44H79O10P/c1-3-5-7-9-11-13-15-17-18-19-20-21-22-24-25-27-29-31-33-35-43(47)51-39-42(40-53-55(49,50)52-38-41(46)37-45)54-44(48)36-34-32-30-28-26-23-16-14-12-10-8-6-4-2/h11,13,17-18,20-21,24-25,41-42,45-46H,3-10,12,14-16,19,22-23,26-40H2,1-2H3,(H,49,50)/b13-11-,18-17-,21-20-,25-24-/t41-,42+/m0/s1. The molecule has 3 N–H and O–H groups in total. The van der Waals surface area contributed by atoms with Crippen molar-refractivity contribution in [2.75, 3.05) is 26.4 Å². The summed E-state index contributed by atoms with van der Waals surface area (Å²) in [6, 6.07) is 0. The highest BCUT2D eigenvalue weighted by Crippen LogP contribution is 2.43. The highest BCUT2D eigenvalue weighted by atomic mass is 31.2. The van der Waals surface area contributed by atoms with E-state index in [9.17, 15) is 24.2 Å². The number of hydrogen-bond donors (Lipinski definition) is 3. The zero-order valence-electron chi connectivity index (χ0n) is 34.6. The molecule has 55 heavy (non-hydrogen) atoms. The SMILES string of the molecule is CCCCC/C=C\C/C=C\C/C=C\C/C=C\CCCCCC(=O)OC[C@H](COP(=O)(O)OC[C@@H](O)CO)OC(=O)CCCCCCCCCCCCCCC. The van der Waals surface area contributed by atoms with Gasteiger partial charge in [0.15, 0.2) is 6.10 Å². The monoisotopic (exact) mass is 799 g/mol. The minimum Gasteiger partial charge on any atom is -0.462 e. The normalized spacial score (nSPS) is 14.3. The number of carbonyl (C=O) groups is 2. The maximum atomic E-state index is 12.6. The molecule has 0 fully saturated rings. The number of aliphatic hydroxyl groups excluding tert-OH is 2. The van der Waals surface area contributed by atoms with E-state index >= 15 is 0 Å². The van der Waals surface area contributed by atoms with Crippen LogP contribution in [0.15, 0.2) is 48.6 Å². The van der Waals surface area contributed by atoms with E-state index in [1.165, 1.54) is 83.5 Å². The summed E-state index contributed by atoms with van der Waals surface area (Å²) in [6.45, 7) is 2.31. The molecule has 0 aromatic heterocycles. The highest BCUT2D eigenvalue weighted by molar-refractivity contribution is 7.47. The number of hydrogen-bond acceptors (Lipinski definition) is 9. The fraction of sp³-hybridized carbons (Fsp3) is 0.773. The Labute approximate surface area is 334 Å². The van der Waals surface area contributed by atoms with E-state index in [0.717, 1.165) is 57.8 Å². The largest absolute Gasteiger partial charge is 0.472 e. The molecule has 0 bridgehead atoms. The number of phosphoric acid groups is 1. The van der Waals surface area contributed by atoms with Gasteiger partial charge in [-0.05, 0) is 57.8 Å². The van der Waals surface area contributed by atoms with Crippen LogP contribution < -0.4 is 0 Å². The van der Waals surface area contributed by atoms with Crippen LogP contribution in [0.1, 0.15) is 181 Å². The zero-order chi connectivity index (χ0) is 40.5. The number of carbonyl (C=O) groups excluding carboxylic acids is 2. The first-order valence-corrected chi connectivity index (χ1v) is 23.1. The first kappa shape index (κ1) is 52.9. The van der Waals surface area contributed by atoms with Crippen molar-refractivity contribution in [1.29, 1.82) is 0 Å². The Balaban J connectivity index is 4.35. The lowest BCUT2D eigenvalue weighted by Gasteiger charge is -2.20. The molecular weight excluding hydrogens is 719 g/mol. The van der Waals surface area contributed by atoms with Gasteiger partial charge in [0.05, 0.1) is 19.8 Å². The lowest BCUT2D eigenvalue weighted by Crippen LogP contribution is -2.29. The number of ether oxygens (including phenoxy) is 2. The van der Waals surface area contributed by atoms with Gasteiger partial charge >= 0.3 is 19.8 Å². The van der Waals surface area contributed by atoms with Gasteiger partial charge in [-0.2, -0.15) is 0 Å². The summed E-state index contributed by atoms with van der Waals surface area (Å²) in [5.74, 6) is -0.960. The number of allylic oxidation sites excluding steroid dienone is 8. The van der Waals surface area contributed by atoms with E-state index in [1.54, 1.807) is 0 Å².